The smallest absolute Gasteiger partial charge is 0.00745 e. The van der Waals surface area contributed by atoms with Gasteiger partial charge in [0.25, 0.3) is 0 Å². The second-order valence-electron chi connectivity index (χ2n) is 1.89. The highest BCUT2D eigenvalue weighted by atomic mass is 16.0. The molecular formula is C8H24N2O. The number of hydrogen-bond donors (Lipinski definition) is 2. The lowest BCUT2D eigenvalue weighted by Gasteiger charge is -1.98. The fourth-order valence-corrected chi connectivity index (χ4v) is 0.529. The maximum Gasteiger partial charge on any atom is 0.00745 e. The third-order valence-electron chi connectivity index (χ3n) is 1.03. The molecule has 0 aromatic carbocycles. The van der Waals surface area contributed by atoms with Crippen LogP contribution in [0.5, 0.6) is 0 Å². The molecule has 0 saturated heterocycles. The van der Waals surface area contributed by atoms with E-state index in [9.17, 15) is 0 Å². The predicted molar refractivity (Wildman–Crippen MR) is 51.8 cm³/mol. The van der Waals surface area contributed by atoms with Gasteiger partial charge >= 0.3 is 0 Å². The summed E-state index contributed by atoms with van der Waals surface area (Å²) in [5.74, 6) is 0. The van der Waals surface area contributed by atoms with Crippen molar-refractivity contribution in [1.82, 2.24) is 5.32 Å². The Bertz CT molecular complexity index is 37.1. The zero-order valence-corrected chi connectivity index (χ0v) is 8.11. The Labute approximate surface area is 70.7 Å². The molecule has 11 heavy (non-hydrogen) atoms. The molecule has 0 fully saturated rings. The van der Waals surface area contributed by atoms with Crippen molar-refractivity contribution in [3.8, 4) is 0 Å². The van der Waals surface area contributed by atoms with Crippen molar-refractivity contribution in [2.45, 2.75) is 33.6 Å². The topological polar surface area (TPSA) is 69.5 Å². The van der Waals surface area contributed by atoms with Gasteiger partial charge in [-0.3, -0.25) is 0 Å². The molecule has 0 spiro atoms. The van der Waals surface area contributed by atoms with Crippen LogP contribution in [0.1, 0.15) is 33.6 Å². The SMILES string of the molecule is CC.CCCCNCCN.O. The molecule has 0 bridgehead atoms. The van der Waals surface area contributed by atoms with E-state index in [4.69, 9.17) is 5.73 Å². The van der Waals surface area contributed by atoms with E-state index in [1.165, 1.54) is 12.8 Å². The van der Waals surface area contributed by atoms with Gasteiger partial charge in [0.15, 0.2) is 0 Å². The lowest BCUT2D eigenvalue weighted by Crippen LogP contribution is -2.23. The minimum Gasteiger partial charge on any atom is -0.412 e. The van der Waals surface area contributed by atoms with Crippen LogP contribution in [0.2, 0.25) is 0 Å². The zero-order chi connectivity index (χ0) is 8.24. The highest BCUT2D eigenvalue weighted by Gasteiger charge is 1.80. The molecule has 0 unspecified atom stereocenters. The maximum atomic E-state index is 5.25. The number of rotatable bonds is 5. The molecule has 0 saturated carbocycles. The van der Waals surface area contributed by atoms with Crippen LogP contribution in [-0.2, 0) is 0 Å². The van der Waals surface area contributed by atoms with E-state index in [1.54, 1.807) is 0 Å². The van der Waals surface area contributed by atoms with Crippen molar-refractivity contribution < 1.29 is 5.48 Å². The number of unbranched alkanes of at least 4 members (excludes halogenated alkanes) is 1. The third kappa shape index (κ3) is 25.8. The van der Waals surface area contributed by atoms with Crippen LogP contribution in [0.3, 0.4) is 0 Å². The third-order valence-corrected chi connectivity index (χ3v) is 1.03. The van der Waals surface area contributed by atoms with Crippen molar-refractivity contribution in [2.75, 3.05) is 19.6 Å². The van der Waals surface area contributed by atoms with Crippen LogP contribution in [0.15, 0.2) is 0 Å². The summed E-state index contributed by atoms with van der Waals surface area (Å²) in [7, 11) is 0. The van der Waals surface area contributed by atoms with Crippen LogP contribution in [-0.4, -0.2) is 25.1 Å². The van der Waals surface area contributed by atoms with Gasteiger partial charge in [-0.2, -0.15) is 0 Å². The van der Waals surface area contributed by atoms with Gasteiger partial charge in [0.1, 0.15) is 0 Å². The van der Waals surface area contributed by atoms with Gasteiger partial charge in [0.2, 0.25) is 0 Å². The molecule has 72 valence electrons. The molecule has 0 aliphatic rings. The standard InChI is InChI=1S/C6H16N2.C2H6.H2O/c1-2-3-5-8-6-4-7;1-2;/h8H,2-7H2,1H3;1-2H3;1H2. The van der Waals surface area contributed by atoms with Crippen molar-refractivity contribution in [2.24, 2.45) is 5.73 Å². The Hall–Kier alpha value is -0.120. The molecule has 5 N–H and O–H groups in total. The molecule has 3 heteroatoms. The summed E-state index contributed by atoms with van der Waals surface area (Å²) in [6, 6.07) is 0. The summed E-state index contributed by atoms with van der Waals surface area (Å²) >= 11 is 0. The van der Waals surface area contributed by atoms with Crippen molar-refractivity contribution in [3.63, 3.8) is 0 Å². The summed E-state index contributed by atoms with van der Waals surface area (Å²) in [5, 5.41) is 3.21. The van der Waals surface area contributed by atoms with Gasteiger partial charge in [0.05, 0.1) is 0 Å². The van der Waals surface area contributed by atoms with Gasteiger partial charge in [0, 0.05) is 13.1 Å². The first-order chi connectivity index (χ1) is 4.91. The molecule has 0 aliphatic heterocycles. The molecule has 0 atom stereocenters. The van der Waals surface area contributed by atoms with Gasteiger partial charge in [-0.05, 0) is 13.0 Å². The fraction of sp³-hybridized carbons (Fsp3) is 1.00. The summed E-state index contributed by atoms with van der Waals surface area (Å²) < 4.78 is 0. The van der Waals surface area contributed by atoms with Gasteiger partial charge in [-0.1, -0.05) is 27.2 Å². The van der Waals surface area contributed by atoms with Gasteiger partial charge in [-0.15, -0.1) is 0 Å². The molecule has 0 aromatic rings. The number of nitrogens with one attached hydrogen (secondary N) is 1. The Kier molecular flexibility index (Phi) is 35.0. The van der Waals surface area contributed by atoms with Crippen molar-refractivity contribution in [3.05, 3.63) is 0 Å². The van der Waals surface area contributed by atoms with E-state index in [0.717, 1.165) is 19.6 Å². The average molecular weight is 164 g/mol. The van der Waals surface area contributed by atoms with Crippen LogP contribution < -0.4 is 11.1 Å². The van der Waals surface area contributed by atoms with Crippen LogP contribution in [0, 0.1) is 0 Å². The summed E-state index contributed by atoms with van der Waals surface area (Å²) in [6.07, 6.45) is 2.53. The number of nitrogens with two attached hydrogens (primary N) is 1. The first kappa shape index (κ1) is 17.1. The minimum atomic E-state index is 0. The minimum absolute atomic E-state index is 0. The quantitative estimate of drug-likeness (QED) is 0.582. The Morgan fingerprint density at radius 3 is 2.09 bits per heavy atom. The van der Waals surface area contributed by atoms with Crippen molar-refractivity contribution >= 4 is 0 Å². The van der Waals surface area contributed by atoms with E-state index in [2.05, 4.69) is 12.2 Å². The lowest BCUT2D eigenvalue weighted by molar-refractivity contribution is 0.645. The van der Waals surface area contributed by atoms with E-state index >= 15 is 0 Å². The normalized spacial score (nSPS) is 7.64. The molecule has 0 rings (SSSR count). The maximum absolute atomic E-state index is 5.25. The summed E-state index contributed by atoms with van der Waals surface area (Å²) in [5.41, 5.74) is 5.25. The van der Waals surface area contributed by atoms with Crippen LogP contribution in [0.25, 0.3) is 0 Å². The Balaban J connectivity index is -0.000000196. The Morgan fingerprint density at radius 1 is 1.18 bits per heavy atom. The van der Waals surface area contributed by atoms with E-state index in [-0.39, 0.29) is 5.48 Å². The predicted octanol–water partition coefficient (Wildman–Crippen LogP) is 0.536. The van der Waals surface area contributed by atoms with E-state index in [0.29, 0.717) is 0 Å². The van der Waals surface area contributed by atoms with Crippen molar-refractivity contribution in [1.29, 1.82) is 0 Å². The molecule has 0 radical (unpaired) electrons. The largest absolute Gasteiger partial charge is 0.412 e. The summed E-state index contributed by atoms with van der Waals surface area (Å²) in [4.78, 5) is 0. The van der Waals surface area contributed by atoms with Gasteiger partial charge < -0.3 is 16.5 Å². The molecule has 3 nitrogen and oxygen atoms in total. The highest BCUT2D eigenvalue weighted by molar-refractivity contribution is 4.45. The van der Waals surface area contributed by atoms with Crippen LogP contribution in [0.4, 0.5) is 0 Å². The molecular weight excluding hydrogens is 140 g/mol. The lowest BCUT2D eigenvalue weighted by atomic mass is 10.3. The average Bonchev–Trinajstić information content (AvgIpc) is 2.02. The summed E-state index contributed by atoms with van der Waals surface area (Å²) in [6.45, 7) is 9.02. The van der Waals surface area contributed by atoms with E-state index < -0.39 is 0 Å². The Morgan fingerprint density at radius 2 is 1.73 bits per heavy atom. The second kappa shape index (κ2) is 22.5. The van der Waals surface area contributed by atoms with E-state index in [1.807, 2.05) is 13.8 Å². The van der Waals surface area contributed by atoms with Gasteiger partial charge in [-0.25, -0.2) is 0 Å². The monoisotopic (exact) mass is 164 g/mol. The molecule has 0 aliphatic carbocycles. The second-order valence-corrected chi connectivity index (χ2v) is 1.89. The highest BCUT2D eigenvalue weighted by Crippen LogP contribution is 1.80. The first-order valence-electron chi connectivity index (χ1n) is 4.32. The molecule has 0 amide bonds. The molecule has 0 aromatic heterocycles. The van der Waals surface area contributed by atoms with Crippen LogP contribution >= 0.6 is 0 Å². The molecule has 0 heterocycles. The first-order valence-corrected chi connectivity index (χ1v) is 4.32. The fourth-order valence-electron chi connectivity index (χ4n) is 0.529. The number of hydrogen-bond acceptors (Lipinski definition) is 2. The zero-order valence-electron chi connectivity index (χ0n) is 8.11.